The first-order valence-electron chi connectivity index (χ1n) is 5.25. The molecule has 0 amide bonds. The zero-order chi connectivity index (χ0) is 10.4. The van der Waals surface area contributed by atoms with Crippen LogP contribution in [0.5, 0.6) is 0 Å². The molecule has 1 saturated carbocycles. The molecular formula is C10H21NO3. The van der Waals surface area contributed by atoms with Crippen LogP contribution < -0.4 is 5.73 Å². The van der Waals surface area contributed by atoms with Gasteiger partial charge in [0.05, 0.1) is 25.4 Å². The molecule has 84 valence electrons. The van der Waals surface area contributed by atoms with Gasteiger partial charge in [0.1, 0.15) is 0 Å². The summed E-state index contributed by atoms with van der Waals surface area (Å²) in [6.07, 6.45) is 3.47. The summed E-state index contributed by atoms with van der Waals surface area (Å²) in [7, 11) is 1.60. The summed E-state index contributed by atoms with van der Waals surface area (Å²) in [5.74, 6) is 0.855. The molecule has 0 aromatic rings. The quantitative estimate of drug-likeness (QED) is 0.589. The van der Waals surface area contributed by atoms with E-state index in [0.717, 1.165) is 12.3 Å². The van der Waals surface area contributed by atoms with Crippen molar-refractivity contribution in [1.82, 2.24) is 0 Å². The Balaban J connectivity index is 2.08. The number of rotatable bonds is 8. The topological polar surface area (TPSA) is 64.7 Å². The van der Waals surface area contributed by atoms with Crippen molar-refractivity contribution in [1.29, 1.82) is 0 Å². The summed E-state index contributed by atoms with van der Waals surface area (Å²) >= 11 is 0. The molecule has 1 aliphatic rings. The molecule has 0 aromatic carbocycles. The number of aliphatic hydroxyl groups is 1. The Morgan fingerprint density at radius 1 is 1.50 bits per heavy atom. The van der Waals surface area contributed by atoms with Gasteiger partial charge in [0.25, 0.3) is 0 Å². The number of aliphatic hydroxyl groups excluding tert-OH is 1. The van der Waals surface area contributed by atoms with E-state index < -0.39 is 0 Å². The van der Waals surface area contributed by atoms with Crippen LogP contribution in [0, 0.1) is 5.92 Å². The first-order chi connectivity index (χ1) is 6.77. The van der Waals surface area contributed by atoms with Crippen LogP contribution in [0.3, 0.4) is 0 Å². The Morgan fingerprint density at radius 2 is 2.21 bits per heavy atom. The smallest absolute Gasteiger partial charge is 0.0978 e. The van der Waals surface area contributed by atoms with Gasteiger partial charge in [0, 0.05) is 13.7 Å². The van der Waals surface area contributed by atoms with Crippen molar-refractivity contribution in [2.75, 3.05) is 26.9 Å². The van der Waals surface area contributed by atoms with E-state index >= 15 is 0 Å². The molecular weight excluding hydrogens is 182 g/mol. The van der Waals surface area contributed by atoms with Crippen LogP contribution in [0.25, 0.3) is 0 Å². The van der Waals surface area contributed by atoms with Gasteiger partial charge in [-0.3, -0.25) is 0 Å². The van der Waals surface area contributed by atoms with Crippen LogP contribution in [0.1, 0.15) is 19.3 Å². The first kappa shape index (κ1) is 11.9. The molecule has 0 saturated heterocycles. The zero-order valence-electron chi connectivity index (χ0n) is 8.82. The zero-order valence-corrected chi connectivity index (χ0v) is 8.82. The molecule has 1 rings (SSSR count). The molecule has 1 aliphatic carbocycles. The lowest BCUT2D eigenvalue weighted by molar-refractivity contribution is -0.0197. The van der Waals surface area contributed by atoms with E-state index in [1.54, 1.807) is 7.11 Å². The molecule has 2 unspecified atom stereocenters. The van der Waals surface area contributed by atoms with Crippen molar-refractivity contribution in [2.24, 2.45) is 11.7 Å². The van der Waals surface area contributed by atoms with E-state index in [1.807, 2.05) is 0 Å². The lowest BCUT2D eigenvalue weighted by Crippen LogP contribution is -2.42. The molecule has 0 aromatic heterocycles. The van der Waals surface area contributed by atoms with Gasteiger partial charge in [0.15, 0.2) is 0 Å². The Kier molecular flexibility index (Phi) is 5.40. The monoisotopic (exact) mass is 203 g/mol. The van der Waals surface area contributed by atoms with Gasteiger partial charge in [-0.25, -0.2) is 0 Å². The molecule has 0 spiro atoms. The SMILES string of the molecule is COCC(N)C(CO)OCCC1CC1. The van der Waals surface area contributed by atoms with Crippen molar-refractivity contribution in [2.45, 2.75) is 31.4 Å². The number of nitrogens with two attached hydrogens (primary N) is 1. The van der Waals surface area contributed by atoms with Crippen LogP contribution in [-0.2, 0) is 9.47 Å². The fourth-order valence-electron chi connectivity index (χ4n) is 1.40. The average molecular weight is 203 g/mol. The Bertz CT molecular complexity index is 150. The predicted molar refractivity (Wildman–Crippen MR) is 54.0 cm³/mol. The van der Waals surface area contributed by atoms with Gasteiger partial charge in [-0.15, -0.1) is 0 Å². The van der Waals surface area contributed by atoms with Crippen LogP contribution in [0.4, 0.5) is 0 Å². The molecule has 0 bridgehead atoms. The van der Waals surface area contributed by atoms with Gasteiger partial charge in [0.2, 0.25) is 0 Å². The molecule has 0 heterocycles. The maximum absolute atomic E-state index is 9.04. The minimum atomic E-state index is -0.284. The molecule has 4 nitrogen and oxygen atoms in total. The predicted octanol–water partition coefficient (Wildman–Crippen LogP) is 0.138. The number of ether oxygens (including phenoxy) is 2. The molecule has 4 heteroatoms. The fraction of sp³-hybridized carbons (Fsp3) is 1.00. The highest BCUT2D eigenvalue weighted by molar-refractivity contribution is 4.75. The van der Waals surface area contributed by atoms with Gasteiger partial charge in [-0.1, -0.05) is 12.8 Å². The van der Waals surface area contributed by atoms with Crippen molar-refractivity contribution in [3.63, 3.8) is 0 Å². The van der Waals surface area contributed by atoms with Crippen LogP contribution >= 0.6 is 0 Å². The third-order valence-corrected chi connectivity index (χ3v) is 2.57. The second kappa shape index (κ2) is 6.35. The summed E-state index contributed by atoms with van der Waals surface area (Å²) in [5, 5.41) is 9.04. The van der Waals surface area contributed by atoms with Gasteiger partial charge in [-0.2, -0.15) is 0 Å². The highest BCUT2D eigenvalue weighted by Crippen LogP contribution is 2.32. The van der Waals surface area contributed by atoms with Crippen molar-refractivity contribution in [3.8, 4) is 0 Å². The van der Waals surface area contributed by atoms with Gasteiger partial charge in [-0.05, 0) is 12.3 Å². The number of hydrogen-bond acceptors (Lipinski definition) is 4. The number of hydrogen-bond donors (Lipinski definition) is 2. The normalized spacial score (nSPS) is 20.8. The second-order valence-electron chi connectivity index (χ2n) is 3.94. The van der Waals surface area contributed by atoms with E-state index in [9.17, 15) is 0 Å². The van der Waals surface area contributed by atoms with E-state index in [2.05, 4.69) is 0 Å². The van der Waals surface area contributed by atoms with E-state index in [1.165, 1.54) is 12.8 Å². The van der Waals surface area contributed by atoms with E-state index in [0.29, 0.717) is 13.2 Å². The van der Waals surface area contributed by atoms with Crippen LogP contribution in [-0.4, -0.2) is 44.2 Å². The largest absolute Gasteiger partial charge is 0.394 e. The molecule has 1 fully saturated rings. The Morgan fingerprint density at radius 3 is 2.71 bits per heavy atom. The third-order valence-electron chi connectivity index (χ3n) is 2.57. The molecule has 2 atom stereocenters. The summed E-state index contributed by atoms with van der Waals surface area (Å²) in [6, 6.07) is -0.232. The Labute approximate surface area is 85.4 Å². The van der Waals surface area contributed by atoms with Crippen LogP contribution in [0.15, 0.2) is 0 Å². The molecule has 14 heavy (non-hydrogen) atoms. The summed E-state index contributed by atoms with van der Waals surface area (Å²) in [5.41, 5.74) is 5.76. The van der Waals surface area contributed by atoms with Crippen molar-refractivity contribution >= 4 is 0 Å². The summed E-state index contributed by atoms with van der Waals surface area (Å²) in [4.78, 5) is 0. The van der Waals surface area contributed by atoms with E-state index in [4.69, 9.17) is 20.3 Å². The minimum Gasteiger partial charge on any atom is -0.394 e. The fourth-order valence-corrected chi connectivity index (χ4v) is 1.40. The van der Waals surface area contributed by atoms with Crippen molar-refractivity contribution < 1.29 is 14.6 Å². The first-order valence-corrected chi connectivity index (χ1v) is 5.25. The molecule has 0 aliphatic heterocycles. The summed E-state index contributed by atoms with van der Waals surface area (Å²) in [6.45, 7) is 1.09. The van der Waals surface area contributed by atoms with E-state index in [-0.39, 0.29) is 18.8 Å². The number of methoxy groups -OCH3 is 1. The van der Waals surface area contributed by atoms with Crippen molar-refractivity contribution in [3.05, 3.63) is 0 Å². The minimum absolute atomic E-state index is 0.0325. The van der Waals surface area contributed by atoms with Gasteiger partial charge >= 0.3 is 0 Å². The van der Waals surface area contributed by atoms with Gasteiger partial charge < -0.3 is 20.3 Å². The second-order valence-corrected chi connectivity index (χ2v) is 3.94. The Hall–Kier alpha value is -0.160. The van der Waals surface area contributed by atoms with Crippen LogP contribution in [0.2, 0.25) is 0 Å². The molecule has 3 N–H and O–H groups in total. The highest BCUT2D eigenvalue weighted by atomic mass is 16.5. The maximum atomic E-state index is 9.04. The maximum Gasteiger partial charge on any atom is 0.0978 e. The average Bonchev–Trinajstić information content (AvgIpc) is 2.96. The third kappa shape index (κ3) is 4.37. The standard InChI is InChI=1S/C10H21NO3/c1-13-7-9(11)10(6-12)14-5-4-8-2-3-8/h8-10,12H,2-7,11H2,1H3. The lowest BCUT2D eigenvalue weighted by Gasteiger charge is -2.21. The summed E-state index contributed by atoms with van der Waals surface area (Å²) < 4.78 is 10.4. The molecule has 0 radical (unpaired) electrons. The lowest BCUT2D eigenvalue weighted by atomic mass is 10.2. The highest BCUT2D eigenvalue weighted by Gasteiger charge is 2.22.